The van der Waals surface area contributed by atoms with Gasteiger partial charge in [-0.3, -0.25) is 19.2 Å². The van der Waals surface area contributed by atoms with Crippen molar-refractivity contribution in [2.45, 2.75) is 78.3 Å². The number of hydrazone groups is 1. The monoisotopic (exact) mass is 635 g/mol. The summed E-state index contributed by atoms with van der Waals surface area (Å²) in [5.41, 5.74) is 5.86. The minimum atomic E-state index is -1.52. The van der Waals surface area contributed by atoms with Crippen molar-refractivity contribution in [1.29, 1.82) is 0 Å². The molecule has 2 aromatic rings. The van der Waals surface area contributed by atoms with Gasteiger partial charge in [0.1, 0.15) is 24.0 Å². The minimum absolute atomic E-state index is 0.132. The summed E-state index contributed by atoms with van der Waals surface area (Å²) in [7, 11) is 0. The molecule has 0 amide bonds. The van der Waals surface area contributed by atoms with E-state index in [-0.39, 0.29) is 17.3 Å². The van der Waals surface area contributed by atoms with E-state index in [1.807, 2.05) is 13.8 Å². The Hall–Kier alpha value is -4.57. The van der Waals surface area contributed by atoms with E-state index in [4.69, 9.17) is 50.8 Å². The molecule has 0 bridgehead atoms. The molecule has 1 aliphatic rings. The largest absolute Gasteiger partial charge is 0.491 e. The van der Waals surface area contributed by atoms with Crippen LogP contribution in [0.15, 0.2) is 38.6 Å². The number of carbonyl (C=O) groups is 4. The molecule has 2 N–H and O–H groups in total. The molecule has 0 spiro atoms. The van der Waals surface area contributed by atoms with E-state index in [9.17, 15) is 24.0 Å². The molecule has 1 aromatic carbocycles. The van der Waals surface area contributed by atoms with E-state index in [0.717, 1.165) is 32.7 Å². The van der Waals surface area contributed by atoms with Crippen LogP contribution < -0.4 is 16.1 Å². The van der Waals surface area contributed by atoms with E-state index in [1.54, 1.807) is 18.2 Å². The highest BCUT2D eigenvalue weighted by Crippen LogP contribution is 2.31. The number of ether oxygens (including phenoxy) is 6. The van der Waals surface area contributed by atoms with E-state index >= 15 is 0 Å². The van der Waals surface area contributed by atoms with Crippen LogP contribution in [0.4, 0.5) is 0 Å². The molecule has 1 saturated heterocycles. The minimum Gasteiger partial charge on any atom is -0.491 e. The Labute approximate surface area is 257 Å². The third-order valence-electron chi connectivity index (χ3n) is 5.87. The fourth-order valence-electron chi connectivity index (χ4n) is 4.39. The van der Waals surface area contributed by atoms with Crippen LogP contribution >= 0.6 is 12.2 Å². The zero-order valence-electron chi connectivity index (χ0n) is 24.8. The lowest BCUT2D eigenvalue weighted by Crippen LogP contribution is -2.66. The number of hydrogen-bond acceptors (Lipinski definition) is 14. The zero-order valence-corrected chi connectivity index (χ0v) is 25.7. The maximum absolute atomic E-state index is 12.3. The van der Waals surface area contributed by atoms with Gasteiger partial charge in [0.15, 0.2) is 29.7 Å². The summed E-state index contributed by atoms with van der Waals surface area (Å²) < 4.78 is 38.5. The molecule has 238 valence electrons. The third-order valence-corrected chi connectivity index (χ3v) is 6.06. The average molecular weight is 636 g/mol. The number of rotatable bonds is 10. The number of esters is 4. The van der Waals surface area contributed by atoms with Crippen molar-refractivity contribution in [2.75, 3.05) is 6.61 Å². The third kappa shape index (κ3) is 8.97. The lowest BCUT2D eigenvalue weighted by Gasteiger charge is -2.46. The Balaban J connectivity index is 2.14. The Morgan fingerprint density at radius 2 is 1.59 bits per heavy atom. The Bertz CT molecular complexity index is 1510. The van der Waals surface area contributed by atoms with Gasteiger partial charge in [0.2, 0.25) is 0 Å². The number of nitrogens with zero attached hydrogens (tertiary/aromatic N) is 2. The number of nitrogens with two attached hydrogens (primary N) is 1. The summed E-state index contributed by atoms with van der Waals surface area (Å²) in [5.74, 6) is -2.61. The molecular weight excluding hydrogens is 602 g/mol. The van der Waals surface area contributed by atoms with Crippen molar-refractivity contribution in [3.8, 4) is 5.75 Å². The quantitative estimate of drug-likeness (QED) is 0.0985. The van der Waals surface area contributed by atoms with Crippen LogP contribution in [0.1, 0.15) is 47.1 Å². The predicted molar refractivity (Wildman–Crippen MR) is 156 cm³/mol. The standard InChI is InChI=1S/C28H33N3O12S/c1-13(2)38-19-7-8-21-20(10-19)18(9-23(36)42-21)11-30-31(28(29)44)27-26(41-17(6)35)25(40-16(5)34)24(39-15(4)33)22(43-27)12-37-14(3)32/h7-11,13,22,24-27H,12H2,1-6H3,(H2,29,44)/t22-,24-,25+,26-,27-/m1/s1. The van der Waals surface area contributed by atoms with Gasteiger partial charge < -0.3 is 38.6 Å². The average Bonchev–Trinajstić information content (AvgIpc) is 2.89. The Morgan fingerprint density at radius 1 is 0.977 bits per heavy atom. The van der Waals surface area contributed by atoms with Gasteiger partial charge in [-0.25, -0.2) is 9.80 Å². The predicted octanol–water partition coefficient (Wildman–Crippen LogP) is 1.54. The molecule has 1 aromatic heterocycles. The molecule has 15 nitrogen and oxygen atoms in total. The van der Waals surface area contributed by atoms with Gasteiger partial charge in [0, 0.05) is 44.7 Å². The molecule has 0 saturated carbocycles. The molecular formula is C28H33N3O12S. The molecule has 44 heavy (non-hydrogen) atoms. The first-order valence-electron chi connectivity index (χ1n) is 13.3. The van der Waals surface area contributed by atoms with Crippen LogP contribution in [0.25, 0.3) is 11.0 Å². The highest BCUT2D eigenvalue weighted by molar-refractivity contribution is 7.80. The highest BCUT2D eigenvalue weighted by atomic mass is 32.1. The number of carbonyl (C=O) groups excluding carboxylic acids is 4. The first kappa shape index (κ1) is 33.9. The summed E-state index contributed by atoms with van der Waals surface area (Å²) in [4.78, 5) is 60.3. The van der Waals surface area contributed by atoms with Crippen LogP contribution in [0.2, 0.25) is 0 Å². The Morgan fingerprint density at radius 3 is 2.16 bits per heavy atom. The van der Waals surface area contributed by atoms with E-state index in [0.29, 0.717) is 11.1 Å². The van der Waals surface area contributed by atoms with Crippen molar-refractivity contribution in [2.24, 2.45) is 10.8 Å². The van der Waals surface area contributed by atoms with Crippen LogP contribution in [0.3, 0.4) is 0 Å². The van der Waals surface area contributed by atoms with Crippen molar-refractivity contribution < 1.29 is 52.0 Å². The smallest absolute Gasteiger partial charge is 0.336 e. The molecule has 2 heterocycles. The second-order valence-corrected chi connectivity index (χ2v) is 10.3. The summed E-state index contributed by atoms with van der Waals surface area (Å²) >= 11 is 5.23. The zero-order chi connectivity index (χ0) is 32.7. The molecule has 5 atom stereocenters. The first-order valence-corrected chi connectivity index (χ1v) is 13.7. The van der Waals surface area contributed by atoms with Gasteiger partial charge >= 0.3 is 29.5 Å². The fraction of sp³-hybridized carbons (Fsp3) is 0.464. The van der Waals surface area contributed by atoms with Crippen molar-refractivity contribution in [3.05, 3.63) is 40.2 Å². The second kappa shape index (κ2) is 14.7. The molecule has 0 aliphatic carbocycles. The fourth-order valence-corrected chi connectivity index (χ4v) is 4.54. The molecule has 0 unspecified atom stereocenters. The van der Waals surface area contributed by atoms with Gasteiger partial charge in [0.05, 0.1) is 12.3 Å². The highest BCUT2D eigenvalue weighted by Gasteiger charge is 2.54. The summed E-state index contributed by atoms with van der Waals surface area (Å²) in [6.45, 7) is 7.67. The SMILES string of the molecule is CC(=O)OC[C@H]1O[C@@H](N(N=Cc2cc(=O)oc3ccc(OC(C)C)cc23)C(N)=S)[C@H](OC(C)=O)[C@@H](OC(C)=O)[C@@H]1OC(C)=O. The number of benzene rings is 1. The Kier molecular flexibility index (Phi) is 11.4. The summed E-state index contributed by atoms with van der Waals surface area (Å²) in [6.07, 6.45) is -6.05. The molecule has 16 heteroatoms. The van der Waals surface area contributed by atoms with Gasteiger partial charge in [-0.05, 0) is 44.3 Å². The lowest BCUT2D eigenvalue weighted by molar-refractivity contribution is -0.271. The number of fused-ring (bicyclic) bond motifs is 1. The van der Waals surface area contributed by atoms with Crippen LogP contribution in [-0.2, 0) is 42.9 Å². The number of thiocarbonyl (C=S) groups is 1. The molecule has 1 aliphatic heterocycles. The summed E-state index contributed by atoms with van der Waals surface area (Å²) in [5, 5.41) is 5.34. The van der Waals surface area contributed by atoms with E-state index in [1.165, 1.54) is 12.3 Å². The van der Waals surface area contributed by atoms with Crippen LogP contribution in [-0.4, -0.2) is 83.6 Å². The maximum Gasteiger partial charge on any atom is 0.336 e. The van der Waals surface area contributed by atoms with Gasteiger partial charge in [-0.1, -0.05) is 0 Å². The van der Waals surface area contributed by atoms with Crippen molar-refractivity contribution in [3.63, 3.8) is 0 Å². The van der Waals surface area contributed by atoms with Gasteiger partial charge in [0.25, 0.3) is 0 Å². The maximum atomic E-state index is 12.3. The van der Waals surface area contributed by atoms with Gasteiger partial charge in [-0.15, -0.1) is 0 Å². The lowest BCUT2D eigenvalue weighted by atomic mass is 9.97. The van der Waals surface area contributed by atoms with Gasteiger partial charge in [-0.2, -0.15) is 5.10 Å². The molecule has 0 radical (unpaired) electrons. The molecule has 1 fully saturated rings. The number of hydrogen-bond donors (Lipinski definition) is 1. The summed E-state index contributed by atoms with van der Waals surface area (Å²) in [6, 6.07) is 6.04. The first-order chi connectivity index (χ1) is 20.7. The van der Waals surface area contributed by atoms with Crippen LogP contribution in [0.5, 0.6) is 5.75 Å². The second-order valence-electron chi connectivity index (χ2n) is 9.86. The van der Waals surface area contributed by atoms with Crippen molar-refractivity contribution in [1.82, 2.24) is 5.01 Å². The molecule has 3 rings (SSSR count). The van der Waals surface area contributed by atoms with E-state index in [2.05, 4.69) is 5.10 Å². The topological polar surface area (TPSA) is 195 Å². The van der Waals surface area contributed by atoms with E-state index < -0.39 is 71.9 Å². The van der Waals surface area contributed by atoms with Crippen molar-refractivity contribution >= 4 is 58.4 Å². The normalized spacial score (nSPS) is 21.5. The van der Waals surface area contributed by atoms with Crippen LogP contribution in [0, 0.1) is 0 Å².